The molecule has 0 aliphatic carbocycles. The van der Waals surface area contributed by atoms with Crippen molar-refractivity contribution >= 4 is 28.9 Å². The summed E-state index contributed by atoms with van der Waals surface area (Å²) in [4.78, 5) is 33.4. The molecule has 1 N–H and O–H groups in total. The zero-order valence-electron chi connectivity index (χ0n) is 23.2. The maximum Gasteiger partial charge on any atom is 0.256 e. The fourth-order valence-electron chi connectivity index (χ4n) is 5.43. The number of hydrogen-bond acceptors (Lipinski definition) is 5. The van der Waals surface area contributed by atoms with Crippen molar-refractivity contribution in [1.82, 2.24) is 4.90 Å². The number of nitrogens with zero attached hydrogens (tertiary/aromatic N) is 3. The van der Waals surface area contributed by atoms with E-state index in [0.29, 0.717) is 22.7 Å². The van der Waals surface area contributed by atoms with E-state index >= 15 is 0 Å². The largest absolute Gasteiger partial charge is 0.495 e. The van der Waals surface area contributed by atoms with Gasteiger partial charge >= 0.3 is 0 Å². The highest BCUT2D eigenvalue weighted by molar-refractivity contribution is 6.06. The van der Waals surface area contributed by atoms with Crippen molar-refractivity contribution in [2.45, 2.75) is 26.7 Å². The molecule has 3 aromatic rings. The van der Waals surface area contributed by atoms with Crippen molar-refractivity contribution in [1.29, 1.82) is 0 Å². The summed E-state index contributed by atoms with van der Waals surface area (Å²) in [7, 11) is 1.70. The van der Waals surface area contributed by atoms with Crippen LogP contribution in [-0.4, -0.2) is 63.1 Å². The maximum atomic E-state index is 13.8. The summed E-state index contributed by atoms with van der Waals surface area (Å²) in [5.41, 5.74) is 4.99. The first-order chi connectivity index (χ1) is 18.9. The number of rotatable bonds is 6. The van der Waals surface area contributed by atoms with Gasteiger partial charge in [0.25, 0.3) is 11.8 Å². The van der Waals surface area contributed by atoms with E-state index in [1.54, 1.807) is 7.11 Å². The highest BCUT2D eigenvalue weighted by Gasteiger charge is 2.27. The zero-order valence-corrected chi connectivity index (χ0v) is 23.2. The van der Waals surface area contributed by atoms with Gasteiger partial charge in [0.2, 0.25) is 0 Å². The van der Waals surface area contributed by atoms with Crippen molar-refractivity contribution in [2.75, 3.05) is 61.5 Å². The summed E-state index contributed by atoms with van der Waals surface area (Å²) in [6.07, 6.45) is 2.03. The number of carbonyl (C=O) groups excluding carboxylic acids is 2. The molecule has 0 radical (unpaired) electrons. The molecule has 2 aliphatic heterocycles. The van der Waals surface area contributed by atoms with Crippen molar-refractivity contribution in [3.63, 3.8) is 0 Å². The number of carbonyl (C=O) groups is 2. The molecule has 0 bridgehead atoms. The number of piperidine rings is 1. The molecule has 2 amide bonds. The average molecular weight is 527 g/mol. The molecule has 0 spiro atoms. The number of piperazine rings is 1. The summed E-state index contributed by atoms with van der Waals surface area (Å²) in [5.74, 6) is 1.36. The van der Waals surface area contributed by atoms with Crippen LogP contribution in [0.5, 0.6) is 5.75 Å². The molecule has 0 atom stereocenters. The normalized spacial score (nSPS) is 16.2. The van der Waals surface area contributed by atoms with Crippen molar-refractivity contribution < 1.29 is 14.3 Å². The smallest absolute Gasteiger partial charge is 0.256 e. The number of likely N-dealkylation sites (tertiary alicyclic amines) is 1. The number of methoxy groups -OCH3 is 1. The molecule has 0 unspecified atom stereocenters. The predicted molar refractivity (Wildman–Crippen MR) is 157 cm³/mol. The SMILES string of the molecule is COc1ccccc1N1CCN(c2ccc(NC(=O)c3ccc(C)cc3)cc2C(=O)N2CCC(C)CC2)CC1. The fraction of sp³-hybridized carbons (Fsp3) is 0.375. The second kappa shape index (κ2) is 11.8. The molecule has 204 valence electrons. The van der Waals surface area contributed by atoms with Gasteiger partial charge in [-0.15, -0.1) is 0 Å². The molecule has 7 nitrogen and oxygen atoms in total. The lowest BCUT2D eigenvalue weighted by molar-refractivity contribution is 0.0697. The maximum absolute atomic E-state index is 13.8. The van der Waals surface area contributed by atoms with E-state index in [4.69, 9.17) is 4.74 Å². The van der Waals surface area contributed by atoms with Crippen LogP contribution in [0, 0.1) is 12.8 Å². The molecule has 3 aromatic carbocycles. The van der Waals surface area contributed by atoms with Gasteiger partial charge in [-0.2, -0.15) is 0 Å². The number of hydrogen-bond donors (Lipinski definition) is 1. The first kappa shape index (κ1) is 26.6. The Morgan fingerprint density at radius 2 is 1.46 bits per heavy atom. The van der Waals surface area contributed by atoms with Gasteiger partial charge in [-0.25, -0.2) is 0 Å². The Morgan fingerprint density at radius 1 is 0.821 bits per heavy atom. The van der Waals surface area contributed by atoms with Gasteiger partial charge < -0.3 is 24.8 Å². The Hall–Kier alpha value is -4.00. The van der Waals surface area contributed by atoms with Crippen LogP contribution >= 0.6 is 0 Å². The number of amides is 2. The van der Waals surface area contributed by atoms with E-state index in [2.05, 4.69) is 28.1 Å². The molecule has 2 saturated heterocycles. The molecular weight excluding hydrogens is 488 g/mol. The Labute approximate surface area is 231 Å². The van der Waals surface area contributed by atoms with Crippen LogP contribution in [0.2, 0.25) is 0 Å². The second-order valence-electron chi connectivity index (χ2n) is 10.7. The number of aryl methyl sites for hydroxylation is 1. The molecule has 0 aromatic heterocycles. The van der Waals surface area contributed by atoms with E-state index in [-0.39, 0.29) is 11.8 Å². The lowest BCUT2D eigenvalue weighted by Crippen LogP contribution is -2.47. The van der Waals surface area contributed by atoms with Gasteiger partial charge in [0.15, 0.2) is 0 Å². The molecule has 0 saturated carbocycles. The number of para-hydroxylation sites is 2. The fourth-order valence-corrected chi connectivity index (χ4v) is 5.43. The second-order valence-corrected chi connectivity index (χ2v) is 10.7. The van der Waals surface area contributed by atoms with Gasteiger partial charge in [0.1, 0.15) is 5.75 Å². The summed E-state index contributed by atoms with van der Waals surface area (Å²) in [6.45, 7) is 8.98. The van der Waals surface area contributed by atoms with E-state index in [1.165, 1.54) is 0 Å². The Bertz CT molecular complexity index is 1310. The molecule has 2 aliphatic rings. The van der Waals surface area contributed by atoms with Crippen LogP contribution in [0.3, 0.4) is 0 Å². The number of anilines is 3. The molecule has 39 heavy (non-hydrogen) atoms. The van der Waals surface area contributed by atoms with E-state index in [9.17, 15) is 9.59 Å². The third-order valence-electron chi connectivity index (χ3n) is 7.92. The van der Waals surface area contributed by atoms with E-state index < -0.39 is 0 Å². The Balaban J connectivity index is 1.38. The Morgan fingerprint density at radius 3 is 2.13 bits per heavy atom. The quantitative estimate of drug-likeness (QED) is 0.463. The monoisotopic (exact) mass is 526 g/mol. The minimum atomic E-state index is -0.182. The summed E-state index contributed by atoms with van der Waals surface area (Å²) < 4.78 is 5.58. The van der Waals surface area contributed by atoms with Crippen molar-refractivity contribution in [3.8, 4) is 5.75 Å². The number of nitrogens with one attached hydrogen (secondary N) is 1. The first-order valence-corrected chi connectivity index (χ1v) is 13.9. The van der Waals surface area contributed by atoms with Gasteiger partial charge in [-0.3, -0.25) is 9.59 Å². The van der Waals surface area contributed by atoms with Gasteiger partial charge in [0, 0.05) is 56.2 Å². The van der Waals surface area contributed by atoms with Crippen LogP contribution in [0.25, 0.3) is 0 Å². The number of benzene rings is 3. The predicted octanol–water partition coefficient (Wildman–Crippen LogP) is 5.45. The van der Waals surface area contributed by atoms with Gasteiger partial charge in [-0.1, -0.05) is 36.8 Å². The molecule has 7 heteroatoms. The topological polar surface area (TPSA) is 65.1 Å². The molecule has 5 rings (SSSR count). The van der Waals surface area contributed by atoms with Crippen molar-refractivity contribution in [3.05, 3.63) is 83.4 Å². The minimum absolute atomic E-state index is 0.0375. The van der Waals surface area contributed by atoms with Crippen LogP contribution < -0.4 is 19.9 Å². The first-order valence-electron chi connectivity index (χ1n) is 13.9. The lowest BCUT2D eigenvalue weighted by atomic mass is 9.98. The van der Waals surface area contributed by atoms with Crippen LogP contribution in [-0.2, 0) is 0 Å². The Kier molecular flexibility index (Phi) is 8.05. The van der Waals surface area contributed by atoms with Gasteiger partial charge in [-0.05, 0) is 68.1 Å². The minimum Gasteiger partial charge on any atom is -0.495 e. The zero-order chi connectivity index (χ0) is 27.4. The highest BCUT2D eigenvalue weighted by atomic mass is 16.5. The molecule has 2 fully saturated rings. The summed E-state index contributed by atoms with van der Waals surface area (Å²) in [5, 5.41) is 3.00. The van der Waals surface area contributed by atoms with Crippen LogP contribution in [0.1, 0.15) is 46.0 Å². The molecular formula is C32H38N4O3. The third kappa shape index (κ3) is 6.03. The lowest BCUT2D eigenvalue weighted by Gasteiger charge is -2.39. The standard InChI is InChI=1S/C32H38N4O3/c1-23-8-10-25(11-9-23)31(37)33-26-12-13-28(27(22-26)32(38)36-16-14-24(2)15-17-36)34-18-20-35(21-19-34)29-6-4-5-7-30(29)39-3/h4-13,22,24H,14-21H2,1-3H3,(H,33,37). The van der Waals surface area contributed by atoms with Gasteiger partial charge in [0.05, 0.1) is 18.4 Å². The average Bonchev–Trinajstić information content (AvgIpc) is 2.97. The van der Waals surface area contributed by atoms with Crippen LogP contribution in [0.4, 0.5) is 17.1 Å². The van der Waals surface area contributed by atoms with Crippen molar-refractivity contribution in [2.24, 2.45) is 5.92 Å². The van der Waals surface area contributed by atoms with E-state index in [1.807, 2.05) is 72.5 Å². The highest BCUT2D eigenvalue weighted by Crippen LogP contribution is 2.32. The molecule has 2 heterocycles. The third-order valence-corrected chi connectivity index (χ3v) is 7.92. The van der Waals surface area contributed by atoms with E-state index in [0.717, 1.165) is 74.8 Å². The van der Waals surface area contributed by atoms with Crippen LogP contribution in [0.15, 0.2) is 66.7 Å². The summed E-state index contributed by atoms with van der Waals surface area (Å²) >= 11 is 0. The number of ether oxygens (including phenoxy) is 1. The summed E-state index contributed by atoms with van der Waals surface area (Å²) in [6, 6.07) is 21.3.